The van der Waals surface area contributed by atoms with E-state index in [2.05, 4.69) is 23.9 Å². The van der Waals surface area contributed by atoms with Crippen LogP contribution in [0, 0.1) is 5.41 Å². The highest BCUT2D eigenvalue weighted by Gasteiger charge is 2.48. The van der Waals surface area contributed by atoms with Crippen molar-refractivity contribution in [1.82, 2.24) is 10.0 Å². The molecule has 0 amide bonds. The van der Waals surface area contributed by atoms with Crippen LogP contribution in [0.15, 0.2) is 29.2 Å². The quantitative estimate of drug-likeness (QED) is 0.837. The van der Waals surface area contributed by atoms with Gasteiger partial charge in [-0.15, -0.1) is 0 Å². The number of hydrogen-bond donors (Lipinski definition) is 2. The molecule has 5 heteroatoms. The summed E-state index contributed by atoms with van der Waals surface area (Å²) in [5.41, 5.74) is 0.902. The summed E-state index contributed by atoms with van der Waals surface area (Å²) in [5, 5.41) is 3.17. The van der Waals surface area contributed by atoms with Gasteiger partial charge in [-0.3, -0.25) is 0 Å². The van der Waals surface area contributed by atoms with Crippen LogP contribution in [0.4, 0.5) is 0 Å². The zero-order valence-electron chi connectivity index (χ0n) is 11.7. The van der Waals surface area contributed by atoms with Gasteiger partial charge in [0.2, 0.25) is 10.0 Å². The maximum absolute atomic E-state index is 12.4. The van der Waals surface area contributed by atoms with Gasteiger partial charge in [-0.2, -0.15) is 0 Å². The van der Waals surface area contributed by atoms with Crippen molar-refractivity contribution in [3.05, 3.63) is 29.8 Å². The Kier molecular flexibility index (Phi) is 3.99. The van der Waals surface area contributed by atoms with Crippen LogP contribution in [0.25, 0.3) is 0 Å². The molecule has 2 N–H and O–H groups in total. The predicted octanol–water partition coefficient (Wildman–Crippen LogP) is 1.87. The average molecular weight is 282 g/mol. The number of benzene rings is 1. The van der Waals surface area contributed by atoms with Gasteiger partial charge in [0.05, 0.1) is 4.90 Å². The summed E-state index contributed by atoms with van der Waals surface area (Å²) in [6.07, 6.45) is 0.904. The third-order valence-electron chi connectivity index (χ3n) is 3.64. The Hall–Kier alpha value is -0.910. The normalized spacial score (nSPS) is 21.3. The minimum Gasteiger partial charge on any atom is -0.313 e. The highest BCUT2D eigenvalue weighted by Crippen LogP contribution is 2.45. The van der Waals surface area contributed by atoms with Crippen molar-refractivity contribution in [2.24, 2.45) is 5.41 Å². The molecule has 0 aliphatic heterocycles. The first-order valence-electron chi connectivity index (χ1n) is 6.68. The Morgan fingerprint density at radius 2 is 1.95 bits per heavy atom. The first kappa shape index (κ1) is 14.5. The molecule has 19 heavy (non-hydrogen) atoms. The van der Waals surface area contributed by atoms with Crippen molar-refractivity contribution in [3.63, 3.8) is 0 Å². The molecule has 1 aliphatic rings. The molecule has 1 aliphatic carbocycles. The van der Waals surface area contributed by atoms with E-state index in [4.69, 9.17) is 0 Å². The van der Waals surface area contributed by atoms with Gasteiger partial charge in [0.1, 0.15) is 0 Å². The maximum Gasteiger partial charge on any atom is 0.241 e. The number of sulfonamides is 1. The monoisotopic (exact) mass is 282 g/mol. The molecule has 0 aromatic heterocycles. The van der Waals surface area contributed by atoms with E-state index < -0.39 is 10.0 Å². The first-order valence-corrected chi connectivity index (χ1v) is 8.16. The number of rotatable bonds is 6. The van der Waals surface area contributed by atoms with Gasteiger partial charge < -0.3 is 5.32 Å². The lowest BCUT2D eigenvalue weighted by molar-refractivity contribution is 0.553. The average Bonchev–Trinajstić information content (AvgIpc) is 2.93. The van der Waals surface area contributed by atoms with Crippen LogP contribution in [0.1, 0.15) is 32.8 Å². The summed E-state index contributed by atoms with van der Waals surface area (Å²) >= 11 is 0. The van der Waals surface area contributed by atoms with Gasteiger partial charge in [0.15, 0.2) is 0 Å². The molecule has 2 rings (SSSR count). The Bertz CT molecular complexity index is 552. The van der Waals surface area contributed by atoms with E-state index in [0.717, 1.165) is 18.5 Å². The van der Waals surface area contributed by atoms with Gasteiger partial charge in [0.25, 0.3) is 0 Å². The van der Waals surface area contributed by atoms with Crippen molar-refractivity contribution in [3.8, 4) is 0 Å². The van der Waals surface area contributed by atoms with Crippen LogP contribution in [0.3, 0.4) is 0 Å². The number of hydrogen-bond acceptors (Lipinski definition) is 3. The lowest BCUT2D eigenvalue weighted by Gasteiger charge is -2.12. The zero-order chi connectivity index (χ0) is 14.1. The first-order chi connectivity index (χ1) is 8.87. The third kappa shape index (κ3) is 3.35. The molecule has 0 spiro atoms. The molecule has 1 aromatic rings. The van der Waals surface area contributed by atoms with Gasteiger partial charge in [0, 0.05) is 12.6 Å². The van der Waals surface area contributed by atoms with Crippen LogP contribution in [0.2, 0.25) is 0 Å². The van der Waals surface area contributed by atoms with Crippen LogP contribution in [0.5, 0.6) is 0 Å². The highest BCUT2D eigenvalue weighted by atomic mass is 32.2. The minimum atomic E-state index is -3.42. The van der Waals surface area contributed by atoms with Crippen LogP contribution in [-0.2, 0) is 16.6 Å². The van der Waals surface area contributed by atoms with E-state index in [0.29, 0.717) is 11.4 Å². The fraction of sp³-hybridized carbons (Fsp3) is 0.571. The molecule has 0 saturated heterocycles. The van der Waals surface area contributed by atoms with E-state index in [1.165, 1.54) is 0 Å². The van der Waals surface area contributed by atoms with Gasteiger partial charge in [-0.25, -0.2) is 13.1 Å². The molecule has 0 radical (unpaired) electrons. The fourth-order valence-electron chi connectivity index (χ4n) is 2.09. The van der Waals surface area contributed by atoms with Crippen molar-refractivity contribution < 1.29 is 8.42 Å². The molecular weight excluding hydrogens is 260 g/mol. The molecule has 1 aromatic carbocycles. The standard InChI is InChI=1S/C14H22N2O2S/c1-4-15-10-11-7-5-6-8-12(11)19(17,18)16-13-9-14(13,2)3/h5-8,13,15-16H,4,9-10H2,1-3H3. The summed E-state index contributed by atoms with van der Waals surface area (Å²) in [4.78, 5) is 0.388. The van der Waals surface area contributed by atoms with Crippen molar-refractivity contribution in [1.29, 1.82) is 0 Å². The van der Waals surface area contributed by atoms with Crippen molar-refractivity contribution in [2.45, 2.75) is 44.7 Å². The molecule has 106 valence electrons. The Labute approximate surface area is 115 Å². The predicted molar refractivity (Wildman–Crippen MR) is 76.3 cm³/mol. The topological polar surface area (TPSA) is 58.2 Å². The van der Waals surface area contributed by atoms with Gasteiger partial charge >= 0.3 is 0 Å². The molecule has 0 bridgehead atoms. The summed E-state index contributed by atoms with van der Waals surface area (Å²) in [7, 11) is -3.42. The number of nitrogens with one attached hydrogen (secondary N) is 2. The summed E-state index contributed by atoms with van der Waals surface area (Å²) in [5.74, 6) is 0. The largest absolute Gasteiger partial charge is 0.313 e. The highest BCUT2D eigenvalue weighted by molar-refractivity contribution is 7.89. The maximum atomic E-state index is 12.4. The fourth-order valence-corrected chi connectivity index (χ4v) is 3.74. The van der Waals surface area contributed by atoms with E-state index in [-0.39, 0.29) is 11.5 Å². The second-order valence-corrected chi connectivity index (χ2v) is 7.44. The third-order valence-corrected chi connectivity index (χ3v) is 5.21. The molecule has 1 atom stereocenters. The van der Waals surface area contributed by atoms with Crippen molar-refractivity contribution >= 4 is 10.0 Å². The van der Waals surface area contributed by atoms with Crippen LogP contribution < -0.4 is 10.0 Å². The smallest absolute Gasteiger partial charge is 0.241 e. The van der Waals surface area contributed by atoms with Crippen LogP contribution >= 0.6 is 0 Å². The summed E-state index contributed by atoms with van der Waals surface area (Å²) in [6.45, 7) is 7.54. The lowest BCUT2D eigenvalue weighted by atomic mass is 10.2. The summed E-state index contributed by atoms with van der Waals surface area (Å²) < 4.78 is 27.6. The van der Waals surface area contributed by atoms with Crippen LogP contribution in [-0.4, -0.2) is 21.0 Å². The van der Waals surface area contributed by atoms with Gasteiger partial charge in [-0.05, 0) is 30.0 Å². The second kappa shape index (κ2) is 5.23. The SMILES string of the molecule is CCNCc1ccccc1S(=O)(=O)NC1CC1(C)C. The van der Waals surface area contributed by atoms with E-state index in [9.17, 15) is 8.42 Å². The molecule has 1 fully saturated rings. The molecule has 1 unspecified atom stereocenters. The Balaban J connectivity index is 2.20. The van der Waals surface area contributed by atoms with Crippen molar-refractivity contribution in [2.75, 3.05) is 6.54 Å². The molecular formula is C14H22N2O2S. The lowest BCUT2D eigenvalue weighted by Crippen LogP contribution is -2.30. The van der Waals surface area contributed by atoms with E-state index >= 15 is 0 Å². The molecule has 0 heterocycles. The summed E-state index contributed by atoms with van der Waals surface area (Å²) in [6, 6.07) is 7.22. The van der Waals surface area contributed by atoms with Gasteiger partial charge in [-0.1, -0.05) is 39.0 Å². The Morgan fingerprint density at radius 1 is 1.32 bits per heavy atom. The van der Waals surface area contributed by atoms with E-state index in [1.807, 2.05) is 19.1 Å². The molecule has 4 nitrogen and oxygen atoms in total. The zero-order valence-corrected chi connectivity index (χ0v) is 12.5. The second-order valence-electron chi connectivity index (χ2n) is 5.75. The molecule has 1 saturated carbocycles. The minimum absolute atomic E-state index is 0.0599. The Morgan fingerprint density at radius 3 is 2.53 bits per heavy atom. The van der Waals surface area contributed by atoms with E-state index in [1.54, 1.807) is 12.1 Å².